The maximum absolute atomic E-state index is 12.0. The molecular formula is C15H20ClN3O2. The number of piperidine rings is 1. The summed E-state index contributed by atoms with van der Waals surface area (Å²) in [5.41, 5.74) is 6.01. The van der Waals surface area contributed by atoms with Crippen LogP contribution in [0.1, 0.15) is 18.4 Å². The first-order chi connectivity index (χ1) is 10.0. The van der Waals surface area contributed by atoms with Gasteiger partial charge in [0.2, 0.25) is 11.8 Å². The Bertz CT molecular complexity index is 513. The highest BCUT2D eigenvalue weighted by Crippen LogP contribution is 2.16. The molecule has 0 radical (unpaired) electrons. The smallest absolute Gasteiger partial charge is 0.231 e. The molecule has 114 valence electrons. The largest absolute Gasteiger partial charge is 0.369 e. The van der Waals surface area contributed by atoms with Gasteiger partial charge in [-0.3, -0.25) is 14.5 Å². The third-order valence-corrected chi connectivity index (χ3v) is 4.01. The topological polar surface area (TPSA) is 75.4 Å². The van der Waals surface area contributed by atoms with Crippen LogP contribution >= 0.6 is 11.6 Å². The zero-order valence-corrected chi connectivity index (χ0v) is 12.6. The van der Waals surface area contributed by atoms with Crippen molar-refractivity contribution in [3.05, 3.63) is 34.9 Å². The Morgan fingerprint density at radius 3 is 2.57 bits per heavy atom. The molecule has 3 N–H and O–H groups in total. The first-order valence-electron chi connectivity index (χ1n) is 7.08. The molecular weight excluding hydrogens is 290 g/mol. The lowest BCUT2D eigenvalue weighted by Gasteiger charge is -2.31. The molecule has 1 aromatic carbocycles. The first-order valence-corrected chi connectivity index (χ1v) is 7.46. The molecule has 0 bridgehead atoms. The summed E-state index contributed by atoms with van der Waals surface area (Å²) in [6, 6.07) is 7.52. The number of likely N-dealkylation sites (tertiary alicyclic amines) is 1. The Labute approximate surface area is 129 Å². The average Bonchev–Trinajstić information content (AvgIpc) is 2.43. The monoisotopic (exact) mass is 309 g/mol. The highest BCUT2D eigenvalue weighted by Gasteiger charge is 2.21. The summed E-state index contributed by atoms with van der Waals surface area (Å²) in [5, 5.41) is 3.64. The average molecular weight is 310 g/mol. The minimum atomic E-state index is -0.309. The number of carbonyl (C=O) groups is 2. The zero-order valence-electron chi connectivity index (χ0n) is 11.8. The van der Waals surface area contributed by atoms with Crippen LogP contribution in [0.25, 0.3) is 0 Å². The van der Waals surface area contributed by atoms with Crippen molar-refractivity contribution in [3.63, 3.8) is 0 Å². The van der Waals surface area contributed by atoms with Crippen molar-refractivity contribution in [1.29, 1.82) is 0 Å². The van der Waals surface area contributed by atoms with Crippen LogP contribution < -0.4 is 11.1 Å². The summed E-state index contributed by atoms with van der Waals surface area (Å²) in [4.78, 5) is 24.9. The molecule has 0 spiro atoms. The second-order valence-corrected chi connectivity index (χ2v) is 5.76. The van der Waals surface area contributed by atoms with Gasteiger partial charge in [0.25, 0.3) is 0 Å². The van der Waals surface area contributed by atoms with Crippen molar-refractivity contribution in [2.75, 3.05) is 19.6 Å². The van der Waals surface area contributed by atoms with Gasteiger partial charge in [-0.05, 0) is 24.5 Å². The number of carbonyl (C=O) groups excluding carboxylic acids is 2. The molecule has 1 heterocycles. The van der Waals surface area contributed by atoms with E-state index >= 15 is 0 Å². The van der Waals surface area contributed by atoms with E-state index < -0.39 is 0 Å². The predicted molar refractivity (Wildman–Crippen MR) is 82.0 cm³/mol. The molecule has 21 heavy (non-hydrogen) atoms. The van der Waals surface area contributed by atoms with Gasteiger partial charge in [0.15, 0.2) is 0 Å². The van der Waals surface area contributed by atoms with Crippen molar-refractivity contribution in [1.82, 2.24) is 10.2 Å². The fourth-order valence-corrected chi connectivity index (χ4v) is 2.75. The molecule has 0 saturated carbocycles. The van der Waals surface area contributed by atoms with Crippen molar-refractivity contribution in [2.45, 2.75) is 25.3 Å². The number of benzene rings is 1. The maximum atomic E-state index is 12.0. The van der Waals surface area contributed by atoms with Gasteiger partial charge in [0.1, 0.15) is 0 Å². The third-order valence-electron chi connectivity index (χ3n) is 3.64. The SMILES string of the molecule is NC(=O)CN1CCC(NC(=O)Cc2ccccc2Cl)CC1. The third kappa shape index (κ3) is 5.02. The van der Waals surface area contributed by atoms with Crippen LogP contribution in [0.2, 0.25) is 5.02 Å². The van der Waals surface area contributed by atoms with Crippen molar-refractivity contribution >= 4 is 23.4 Å². The summed E-state index contributed by atoms with van der Waals surface area (Å²) in [6.45, 7) is 1.85. The molecule has 1 aromatic rings. The Balaban J connectivity index is 1.77. The highest BCUT2D eigenvalue weighted by atomic mass is 35.5. The van der Waals surface area contributed by atoms with Gasteiger partial charge in [-0.1, -0.05) is 29.8 Å². The number of rotatable bonds is 5. The Morgan fingerprint density at radius 1 is 1.29 bits per heavy atom. The fourth-order valence-electron chi connectivity index (χ4n) is 2.55. The lowest BCUT2D eigenvalue weighted by molar-refractivity contribution is -0.122. The molecule has 2 amide bonds. The van der Waals surface area contributed by atoms with E-state index in [-0.39, 0.29) is 17.9 Å². The van der Waals surface area contributed by atoms with E-state index in [4.69, 9.17) is 17.3 Å². The quantitative estimate of drug-likeness (QED) is 0.850. The van der Waals surface area contributed by atoms with E-state index in [1.165, 1.54) is 0 Å². The lowest BCUT2D eigenvalue weighted by Crippen LogP contribution is -2.47. The Morgan fingerprint density at radius 2 is 1.95 bits per heavy atom. The summed E-state index contributed by atoms with van der Waals surface area (Å²) in [7, 11) is 0. The normalized spacial score (nSPS) is 16.6. The van der Waals surface area contributed by atoms with Gasteiger partial charge in [0, 0.05) is 24.2 Å². The molecule has 0 atom stereocenters. The molecule has 5 nitrogen and oxygen atoms in total. The van der Waals surface area contributed by atoms with E-state index in [1.807, 2.05) is 23.1 Å². The molecule has 6 heteroatoms. The van der Waals surface area contributed by atoms with Gasteiger partial charge < -0.3 is 11.1 Å². The maximum Gasteiger partial charge on any atom is 0.231 e. The number of nitrogens with zero attached hydrogens (tertiary/aromatic N) is 1. The minimum absolute atomic E-state index is 0.0172. The van der Waals surface area contributed by atoms with Crippen molar-refractivity contribution < 1.29 is 9.59 Å². The summed E-state index contributed by atoms with van der Waals surface area (Å²) >= 11 is 6.05. The van der Waals surface area contributed by atoms with Gasteiger partial charge in [0.05, 0.1) is 13.0 Å². The number of halogens is 1. The molecule has 2 rings (SSSR count). The van der Waals surface area contributed by atoms with Crippen LogP contribution in [-0.4, -0.2) is 42.4 Å². The zero-order chi connectivity index (χ0) is 15.2. The van der Waals surface area contributed by atoms with E-state index in [2.05, 4.69) is 5.32 Å². The number of primary amides is 1. The second-order valence-electron chi connectivity index (χ2n) is 5.35. The van der Waals surface area contributed by atoms with Crippen LogP contribution in [0.3, 0.4) is 0 Å². The first kappa shape index (κ1) is 15.8. The summed E-state index contributed by atoms with van der Waals surface area (Å²) < 4.78 is 0. The van der Waals surface area contributed by atoms with E-state index in [1.54, 1.807) is 6.07 Å². The Kier molecular flexibility index (Phi) is 5.59. The number of nitrogens with two attached hydrogens (primary N) is 1. The summed E-state index contributed by atoms with van der Waals surface area (Å²) in [6.07, 6.45) is 1.96. The van der Waals surface area contributed by atoms with Gasteiger partial charge >= 0.3 is 0 Å². The number of amides is 2. The van der Waals surface area contributed by atoms with Crippen LogP contribution in [0.15, 0.2) is 24.3 Å². The number of hydrogen-bond donors (Lipinski definition) is 2. The van der Waals surface area contributed by atoms with Gasteiger partial charge in [-0.2, -0.15) is 0 Å². The minimum Gasteiger partial charge on any atom is -0.369 e. The molecule has 0 aromatic heterocycles. The molecule has 1 aliphatic rings. The lowest BCUT2D eigenvalue weighted by atomic mass is 10.0. The van der Waals surface area contributed by atoms with E-state index in [9.17, 15) is 9.59 Å². The van der Waals surface area contributed by atoms with Crippen LogP contribution in [0, 0.1) is 0 Å². The predicted octanol–water partition coefficient (Wildman–Crippen LogP) is 0.948. The molecule has 1 aliphatic heterocycles. The Hall–Kier alpha value is -1.59. The highest BCUT2D eigenvalue weighted by molar-refractivity contribution is 6.31. The van der Waals surface area contributed by atoms with Crippen molar-refractivity contribution in [2.24, 2.45) is 5.73 Å². The second kappa shape index (κ2) is 7.43. The summed E-state index contributed by atoms with van der Waals surface area (Å²) in [5.74, 6) is -0.326. The molecule has 0 unspecified atom stereocenters. The number of nitrogens with one attached hydrogen (secondary N) is 1. The molecule has 1 fully saturated rings. The van der Waals surface area contributed by atoms with E-state index in [0.717, 1.165) is 31.5 Å². The van der Waals surface area contributed by atoms with Gasteiger partial charge in [-0.25, -0.2) is 0 Å². The van der Waals surface area contributed by atoms with E-state index in [0.29, 0.717) is 18.0 Å². The standard InChI is InChI=1S/C15H20ClN3O2/c16-13-4-2-1-3-11(13)9-15(21)18-12-5-7-19(8-6-12)10-14(17)20/h1-4,12H,5-10H2,(H2,17,20)(H,18,21). The molecule has 0 aliphatic carbocycles. The molecule has 1 saturated heterocycles. The van der Waals surface area contributed by atoms with Crippen LogP contribution in [0.5, 0.6) is 0 Å². The van der Waals surface area contributed by atoms with Crippen molar-refractivity contribution in [3.8, 4) is 0 Å². The van der Waals surface area contributed by atoms with Gasteiger partial charge in [-0.15, -0.1) is 0 Å². The van der Waals surface area contributed by atoms with Crippen LogP contribution in [0.4, 0.5) is 0 Å². The fraction of sp³-hybridized carbons (Fsp3) is 0.467. The number of hydrogen-bond acceptors (Lipinski definition) is 3. The van der Waals surface area contributed by atoms with Crippen LogP contribution in [-0.2, 0) is 16.0 Å².